The fourth-order valence-electron chi connectivity index (χ4n) is 4.60. The highest BCUT2D eigenvalue weighted by molar-refractivity contribution is 5.99. The second kappa shape index (κ2) is 12.3. The number of nitrogens with zero attached hydrogens (tertiary/aromatic N) is 3. The maximum Gasteiger partial charge on any atom is 0.252 e. The van der Waals surface area contributed by atoms with Crippen molar-refractivity contribution in [2.24, 2.45) is 0 Å². The zero-order valence-corrected chi connectivity index (χ0v) is 20.8. The highest BCUT2D eigenvalue weighted by Crippen LogP contribution is 2.25. The van der Waals surface area contributed by atoms with Crippen molar-refractivity contribution in [2.45, 2.75) is 38.4 Å². The molecule has 198 valence electrons. The molecule has 0 aliphatic carbocycles. The number of nitrogens with one attached hydrogen (secondary N) is 1. The van der Waals surface area contributed by atoms with Gasteiger partial charge in [-0.25, -0.2) is 10.5 Å². The Morgan fingerprint density at radius 3 is 2.00 bits per heavy atom. The van der Waals surface area contributed by atoms with Crippen LogP contribution in [-0.4, -0.2) is 68.0 Å². The van der Waals surface area contributed by atoms with E-state index in [0.29, 0.717) is 30.3 Å². The van der Waals surface area contributed by atoms with Crippen LogP contribution in [0.2, 0.25) is 0 Å². The minimum atomic E-state index is -1.29. The van der Waals surface area contributed by atoms with Crippen LogP contribution in [0.25, 0.3) is 0 Å². The molecule has 2 aromatic rings. The molecule has 1 atom stereocenters. The standard InChI is InChI=1S/C28H30N4O6/c33-25(29-37)17-24(23-14-16-31(28(23)36)19-21-9-5-2-6-10-21)32(38)26(34)12-11-22-13-15-30(27(22)35)18-20-7-3-1-4-8-20/h1-10,13-14,24,37-38H,11-12,15-19H2,(H,29,33). The van der Waals surface area contributed by atoms with Crippen molar-refractivity contribution in [3.05, 3.63) is 95.1 Å². The van der Waals surface area contributed by atoms with E-state index < -0.39 is 30.2 Å². The number of benzene rings is 2. The van der Waals surface area contributed by atoms with E-state index in [1.165, 1.54) is 10.4 Å². The van der Waals surface area contributed by atoms with Gasteiger partial charge < -0.3 is 9.80 Å². The van der Waals surface area contributed by atoms with Gasteiger partial charge in [-0.3, -0.25) is 29.6 Å². The summed E-state index contributed by atoms with van der Waals surface area (Å²) in [6, 6.07) is 17.6. The summed E-state index contributed by atoms with van der Waals surface area (Å²) in [5.74, 6) is -2.19. The molecule has 2 aliphatic heterocycles. The summed E-state index contributed by atoms with van der Waals surface area (Å²) in [7, 11) is 0. The summed E-state index contributed by atoms with van der Waals surface area (Å²) < 4.78 is 0. The number of hydrogen-bond donors (Lipinski definition) is 3. The molecule has 1 unspecified atom stereocenters. The zero-order chi connectivity index (χ0) is 27.1. The highest BCUT2D eigenvalue weighted by Gasteiger charge is 2.36. The van der Waals surface area contributed by atoms with Gasteiger partial charge >= 0.3 is 0 Å². The molecule has 38 heavy (non-hydrogen) atoms. The van der Waals surface area contributed by atoms with Gasteiger partial charge in [0.15, 0.2) is 0 Å². The lowest BCUT2D eigenvalue weighted by atomic mass is 10.0. The Labute approximate surface area is 220 Å². The SMILES string of the molecule is O=C(CC(C1=CCN(Cc2ccccc2)C1=O)N(O)C(=O)CCC1=CCN(Cc2ccccc2)C1=O)NO. The maximum atomic E-state index is 13.1. The summed E-state index contributed by atoms with van der Waals surface area (Å²) in [6.07, 6.45) is 2.73. The molecule has 0 aromatic heterocycles. The number of hydroxylamine groups is 3. The lowest BCUT2D eigenvalue weighted by molar-refractivity contribution is -0.174. The third-order valence-corrected chi connectivity index (χ3v) is 6.64. The van der Waals surface area contributed by atoms with E-state index in [-0.39, 0.29) is 30.9 Å². The van der Waals surface area contributed by atoms with Crippen LogP contribution >= 0.6 is 0 Å². The molecule has 0 saturated carbocycles. The molecule has 0 spiro atoms. The first-order valence-electron chi connectivity index (χ1n) is 12.4. The summed E-state index contributed by atoms with van der Waals surface area (Å²) >= 11 is 0. The van der Waals surface area contributed by atoms with Crippen LogP contribution in [0.4, 0.5) is 0 Å². The van der Waals surface area contributed by atoms with E-state index in [4.69, 9.17) is 5.21 Å². The molecule has 10 heteroatoms. The number of carbonyl (C=O) groups excluding carboxylic acids is 4. The van der Waals surface area contributed by atoms with E-state index >= 15 is 0 Å². The summed E-state index contributed by atoms with van der Waals surface area (Å²) in [5, 5.41) is 20.1. The average molecular weight is 519 g/mol. The third kappa shape index (κ3) is 6.34. The van der Waals surface area contributed by atoms with Crippen molar-refractivity contribution >= 4 is 23.6 Å². The molecule has 10 nitrogen and oxygen atoms in total. The van der Waals surface area contributed by atoms with Gasteiger partial charge in [-0.15, -0.1) is 0 Å². The van der Waals surface area contributed by atoms with E-state index in [9.17, 15) is 24.4 Å². The van der Waals surface area contributed by atoms with Crippen LogP contribution in [0.1, 0.15) is 30.4 Å². The Bertz CT molecular complexity index is 1240. The van der Waals surface area contributed by atoms with E-state index in [1.807, 2.05) is 60.7 Å². The Kier molecular flexibility index (Phi) is 8.67. The van der Waals surface area contributed by atoms with Crippen molar-refractivity contribution in [3.63, 3.8) is 0 Å². The Balaban J connectivity index is 1.37. The molecule has 3 N–H and O–H groups in total. The fraction of sp³-hybridized carbons (Fsp3) is 0.286. The highest BCUT2D eigenvalue weighted by atomic mass is 16.5. The van der Waals surface area contributed by atoms with Gasteiger partial charge in [-0.2, -0.15) is 0 Å². The lowest BCUT2D eigenvalue weighted by Crippen LogP contribution is -2.44. The van der Waals surface area contributed by atoms with E-state index in [0.717, 1.165) is 11.1 Å². The van der Waals surface area contributed by atoms with E-state index in [1.54, 1.807) is 17.1 Å². The van der Waals surface area contributed by atoms with Crippen LogP contribution in [0.5, 0.6) is 0 Å². The van der Waals surface area contributed by atoms with Gasteiger partial charge in [0.1, 0.15) is 0 Å². The molecule has 0 saturated heterocycles. The number of carbonyl (C=O) groups is 4. The minimum Gasteiger partial charge on any atom is -0.331 e. The monoisotopic (exact) mass is 518 g/mol. The average Bonchev–Trinajstić information content (AvgIpc) is 3.47. The molecule has 2 aromatic carbocycles. The summed E-state index contributed by atoms with van der Waals surface area (Å²) in [4.78, 5) is 53.9. The first-order valence-corrected chi connectivity index (χ1v) is 12.4. The first-order chi connectivity index (χ1) is 18.4. The zero-order valence-electron chi connectivity index (χ0n) is 20.8. The molecule has 0 fully saturated rings. The Morgan fingerprint density at radius 2 is 1.42 bits per heavy atom. The van der Waals surface area contributed by atoms with Crippen LogP contribution in [0.3, 0.4) is 0 Å². The van der Waals surface area contributed by atoms with Crippen molar-refractivity contribution in [3.8, 4) is 0 Å². The number of rotatable bonds is 11. The number of amides is 4. The topological polar surface area (TPSA) is 130 Å². The van der Waals surface area contributed by atoms with Crippen LogP contribution in [-0.2, 0) is 32.3 Å². The maximum absolute atomic E-state index is 13.1. The van der Waals surface area contributed by atoms with E-state index in [2.05, 4.69) is 0 Å². The minimum absolute atomic E-state index is 0.0885. The molecule has 0 bridgehead atoms. The molecule has 4 amide bonds. The van der Waals surface area contributed by atoms with Gasteiger partial charge in [0.2, 0.25) is 17.7 Å². The third-order valence-electron chi connectivity index (χ3n) is 6.64. The predicted molar refractivity (Wildman–Crippen MR) is 136 cm³/mol. The normalized spacial score (nSPS) is 15.8. The Morgan fingerprint density at radius 1 is 0.868 bits per heavy atom. The fourth-order valence-corrected chi connectivity index (χ4v) is 4.60. The van der Waals surface area contributed by atoms with Gasteiger partial charge in [0, 0.05) is 43.7 Å². The number of hydrogen-bond acceptors (Lipinski definition) is 6. The van der Waals surface area contributed by atoms with Gasteiger partial charge in [-0.05, 0) is 17.5 Å². The second-order valence-corrected chi connectivity index (χ2v) is 9.22. The molecular formula is C28H30N4O6. The van der Waals surface area contributed by atoms with Gasteiger partial charge in [0.05, 0.1) is 12.5 Å². The van der Waals surface area contributed by atoms with Crippen molar-refractivity contribution in [1.82, 2.24) is 20.3 Å². The molecule has 0 radical (unpaired) electrons. The predicted octanol–water partition coefficient (Wildman–Crippen LogP) is 2.19. The first kappa shape index (κ1) is 26.8. The smallest absolute Gasteiger partial charge is 0.252 e. The van der Waals surface area contributed by atoms with Crippen molar-refractivity contribution in [1.29, 1.82) is 0 Å². The quantitative estimate of drug-likeness (QED) is 0.309. The van der Waals surface area contributed by atoms with Crippen LogP contribution < -0.4 is 5.48 Å². The van der Waals surface area contributed by atoms with Crippen molar-refractivity contribution < 1.29 is 29.6 Å². The summed E-state index contributed by atoms with van der Waals surface area (Å²) in [5.41, 5.74) is 3.95. The molecule has 4 rings (SSSR count). The van der Waals surface area contributed by atoms with Crippen molar-refractivity contribution in [2.75, 3.05) is 13.1 Å². The second-order valence-electron chi connectivity index (χ2n) is 9.22. The molecular weight excluding hydrogens is 488 g/mol. The molecule has 2 heterocycles. The van der Waals surface area contributed by atoms with Gasteiger partial charge in [-0.1, -0.05) is 72.8 Å². The van der Waals surface area contributed by atoms with Crippen LogP contribution in [0.15, 0.2) is 84.0 Å². The summed E-state index contributed by atoms with van der Waals surface area (Å²) in [6.45, 7) is 1.46. The van der Waals surface area contributed by atoms with Crippen LogP contribution in [0, 0.1) is 0 Å². The molecule has 2 aliphatic rings. The lowest BCUT2D eigenvalue weighted by Gasteiger charge is -2.27. The Hall–Kier alpha value is -4.28. The largest absolute Gasteiger partial charge is 0.331 e. The van der Waals surface area contributed by atoms with Gasteiger partial charge in [0.25, 0.3) is 5.91 Å².